The van der Waals surface area contributed by atoms with Crippen molar-refractivity contribution < 1.29 is 9.59 Å². The Morgan fingerprint density at radius 1 is 1.06 bits per heavy atom. The van der Waals surface area contributed by atoms with Gasteiger partial charge in [0.1, 0.15) is 0 Å². The summed E-state index contributed by atoms with van der Waals surface area (Å²) in [6.45, 7) is 8.18. The topological polar surface area (TPSA) is 77.1 Å². The van der Waals surface area contributed by atoms with Crippen molar-refractivity contribution >= 4 is 34.7 Å². The van der Waals surface area contributed by atoms with Crippen LogP contribution in [0.5, 0.6) is 0 Å². The highest BCUT2D eigenvalue weighted by atomic mass is 35.5. The SMILES string of the molecule is Cc1ccc(Nc2cc(-n3c(C)cc4c3CC(C)(C)CC4=O)ccc2C(N)=O)c(Cl)c1. The van der Waals surface area contributed by atoms with Gasteiger partial charge in [-0.2, -0.15) is 0 Å². The summed E-state index contributed by atoms with van der Waals surface area (Å²) in [5.74, 6) is -0.355. The van der Waals surface area contributed by atoms with Crippen molar-refractivity contribution in [1.82, 2.24) is 4.57 Å². The summed E-state index contributed by atoms with van der Waals surface area (Å²) in [7, 11) is 0. The number of nitrogens with one attached hydrogen (secondary N) is 1. The first-order valence-corrected chi connectivity index (χ1v) is 10.7. The van der Waals surface area contributed by atoms with E-state index in [1.807, 2.05) is 50.2 Å². The fourth-order valence-corrected chi connectivity index (χ4v) is 4.65. The fraction of sp³-hybridized carbons (Fsp3) is 0.280. The van der Waals surface area contributed by atoms with E-state index >= 15 is 0 Å². The van der Waals surface area contributed by atoms with Crippen molar-refractivity contribution in [1.29, 1.82) is 0 Å². The van der Waals surface area contributed by atoms with Crippen LogP contribution in [0.4, 0.5) is 11.4 Å². The van der Waals surface area contributed by atoms with Gasteiger partial charge in [0, 0.05) is 29.1 Å². The van der Waals surface area contributed by atoms with Crippen molar-refractivity contribution in [3.8, 4) is 5.69 Å². The Kier molecular flexibility index (Phi) is 5.18. The molecule has 4 rings (SSSR count). The second-order valence-corrected chi connectivity index (χ2v) is 9.53. The Morgan fingerprint density at radius 2 is 1.81 bits per heavy atom. The Balaban J connectivity index is 1.84. The lowest BCUT2D eigenvalue weighted by atomic mass is 9.76. The Morgan fingerprint density at radius 3 is 2.48 bits per heavy atom. The number of ketones is 1. The van der Waals surface area contributed by atoms with Gasteiger partial charge in [-0.3, -0.25) is 9.59 Å². The lowest BCUT2D eigenvalue weighted by molar-refractivity contribution is 0.0910. The van der Waals surface area contributed by atoms with E-state index in [0.717, 1.165) is 34.6 Å². The van der Waals surface area contributed by atoms with E-state index in [-0.39, 0.29) is 11.2 Å². The van der Waals surface area contributed by atoms with Crippen LogP contribution in [0.1, 0.15) is 57.9 Å². The summed E-state index contributed by atoms with van der Waals surface area (Å²) in [5, 5.41) is 3.82. The zero-order valence-electron chi connectivity index (χ0n) is 18.2. The van der Waals surface area contributed by atoms with Crippen LogP contribution in [0.2, 0.25) is 5.02 Å². The highest BCUT2D eigenvalue weighted by Gasteiger charge is 2.34. The third-order valence-corrected chi connectivity index (χ3v) is 6.11. The van der Waals surface area contributed by atoms with Gasteiger partial charge >= 0.3 is 0 Å². The minimum absolute atomic E-state index is 0.101. The molecular weight excluding hydrogens is 410 g/mol. The smallest absolute Gasteiger partial charge is 0.250 e. The molecule has 0 saturated heterocycles. The van der Waals surface area contributed by atoms with Gasteiger partial charge in [-0.05, 0) is 67.6 Å². The zero-order chi connectivity index (χ0) is 22.5. The van der Waals surface area contributed by atoms with E-state index in [1.165, 1.54) is 0 Å². The number of benzene rings is 2. The molecule has 5 nitrogen and oxygen atoms in total. The third kappa shape index (κ3) is 3.98. The predicted octanol–water partition coefficient (Wildman–Crippen LogP) is 5.75. The molecule has 0 atom stereocenters. The molecule has 0 fully saturated rings. The highest BCUT2D eigenvalue weighted by molar-refractivity contribution is 6.33. The van der Waals surface area contributed by atoms with Gasteiger partial charge in [0.25, 0.3) is 5.91 Å². The second-order valence-electron chi connectivity index (χ2n) is 9.12. The van der Waals surface area contributed by atoms with Crippen molar-refractivity contribution in [2.75, 3.05) is 5.32 Å². The number of halogens is 1. The Bertz CT molecular complexity index is 1220. The Labute approximate surface area is 187 Å². The largest absolute Gasteiger partial charge is 0.366 e. The molecule has 1 aliphatic rings. The number of fused-ring (bicyclic) bond motifs is 1. The molecular formula is C25H26ClN3O2. The maximum atomic E-state index is 12.7. The standard InChI is InChI=1S/C25H26ClN3O2/c1-14-5-8-20(19(26)9-14)28-21-11-16(6-7-17(21)24(27)31)29-15(2)10-18-22(29)12-25(3,4)13-23(18)30/h5-11,28H,12-13H2,1-4H3,(H2,27,31). The van der Waals surface area contributed by atoms with E-state index in [2.05, 4.69) is 23.7 Å². The fourth-order valence-electron chi connectivity index (χ4n) is 4.37. The van der Waals surface area contributed by atoms with Gasteiger partial charge < -0.3 is 15.6 Å². The number of aryl methyl sites for hydroxylation is 2. The van der Waals surface area contributed by atoms with E-state index in [9.17, 15) is 9.59 Å². The number of Topliss-reactive ketones (excluding diaryl/α,β-unsaturated/α-hetero) is 1. The van der Waals surface area contributed by atoms with Crippen molar-refractivity contribution in [3.05, 3.63) is 75.6 Å². The van der Waals surface area contributed by atoms with Crippen LogP contribution in [0.25, 0.3) is 5.69 Å². The number of anilines is 2. The van der Waals surface area contributed by atoms with Gasteiger partial charge in [0.2, 0.25) is 0 Å². The molecule has 0 unspecified atom stereocenters. The van der Waals surface area contributed by atoms with E-state index in [4.69, 9.17) is 17.3 Å². The van der Waals surface area contributed by atoms with Gasteiger partial charge in [0.15, 0.2) is 5.78 Å². The molecule has 0 spiro atoms. The molecule has 1 heterocycles. The number of carbonyl (C=O) groups excluding carboxylic acids is 2. The van der Waals surface area contributed by atoms with Crippen molar-refractivity contribution in [2.24, 2.45) is 11.1 Å². The van der Waals surface area contributed by atoms with Crippen LogP contribution >= 0.6 is 11.6 Å². The summed E-state index contributed by atoms with van der Waals surface area (Å²) < 4.78 is 2.10. The van der Waals surface area contributed by atoms with Crippen molar-refractivity contribution in [2.45, 2.75) is 40.5 Å². The van der Waals surface area contributed by atoms with Crippen LogP contribution in [0, 0.1) is 19.3 Å². The van der Waals surface area contributed by atoms with Gasteiger partial charge in [-0.15, -0.1) is 0 Å². The summed E-state index contributed by atoms with van der Waals surface area (Å²) in [6.07, 6.45) is 1.34. The number of hydrogen-bond donors (Lipinski definition) is 2. The molecule has 0 saturated carbocycles. The predicted molar refractivity (Wildman–Crippen MR) is 125 cm³/mol. The maximum absolute atomic E-state index is 12.7. The van der Waals surface area contributed by atoms with Gasteiger partial charge in [0.05, 0.1) is 22.0 Å². The molecule has 3 aromatic rings. The van der Waals surface area contributed by atoms with Crippen LogP contribution in [0.15, 0.2) is 42.5 Å². The number of carbonyl (C=O) groups is 2. The van der Waals surface area contributed by atoms with Crippen LogP contribution in [-0.2, 0) is 6.42 Å². The van der Waals surface area contributed by atoms with E-state index in [1.54, 1.807) is 6.07 Å². The Hall–Kier alpha value is -3.05. The summed E-state index contributed by atoms with van der Waals surface area (Å²) >= 11 is 6.40. The average Bonchev–Trinajstić information content (AvgIpc) is 2.99. The average molecular weight is 436 g/mol. The quantitative estimate of drug-likeness (QED) is 0.548. The monoisotopic (exact) mass is 435 g/mol. The lowest BCUT2D eigenvalue weighted by Gasteiger charge is -2.30. The first-order valence-electron chi connectivity index (χ1n) is 10.3. The lowest BCUT2D eigenvalue weighted by Crippen LogP contribution is -2.27. The zero-order valence-corrected chi connectivity index (χ0v) is 18.9. The number of amides is 1. The summed E-state index contributed by atoms with van der Waals surface area (Å²) in [4.78, 5) is 24.8. The molecule has 0 aliphatic heterocycles. The first kappa shape index (κ1) is 21.2. The first-order chi connectivity index (χ1) is 14.6. The molecule has 1 aliphatic carbocycles. The van der Waals surface area contributed by atoms with E-state index in [0.29, 0.717) is 28.4 Å². The van der Waals surface area contributed by atoms with Crippen molar-refractivity contribution in [3.63, 3.8) is 0 Å². The molecule has 31 heavy (non-hydrogen) atoms. The number of nitrogens with zero attached hydrogens (tertiary/aromatic N) is 1. The molecule has 1 aromatic heterocycles. The molecule has 2 aromatic carbocycles. The van der Waals surface area contributed by atoms with Crippen LogP contribution in [0.3, 0.4) is 0 Å². The van der Waals surface area contributed by atoms with Gasteiger partial charge in [-0.1, -0.05) is 31.5 Å². The number of nitrogens with two attached hydrogens (primary N) is 1. The molecule has 3 N–H and O–H groups in total. The van der Waals surface area contributed by atoms with Crippen LogP contribution in [-0.4, -0.2) is 16.3 Å². The van der Waals surface area contributed by atoms with Crippen LogP contribution < -0.4 is 11.1 Å². The summed E-state index contributed by atoms with van der Waals surface area (Å²) in [6, 6.07) is 13.1. The normalized spacial score (nSPS) is 14.9. The minimum atomic E-state index is -0.528. The molecule has 0 radical (unpaired) electrons. The number of rotatable bonds is 4. The van der Waals surface area contributed by atoms with Gasteiger partial charge in [-0.25, -0.2) is 0 Å². The number of hydrogen-bond acceptors (Lipinski definition) is 3. The third-order valence-electron chi connectivity index (χ3n) is 5.79. The molecule has 1 amide bonds. The summed E-state index contributed by atoms with van der Waals surface area (Å²) in [5.41, 5.74) is 11.8. The molecule has 160 valence electrons. The highest BCUT2D eigenvalue weighted by Crippen LogP contribution is 2.38. The minimum Gasteiger partial charge on any atom is -0.366 e. The number of primary amides is 1. The number of aromatic nitrogens is 1. The van der Waals surface area contributed by atoms with E-state index < -0.39 is 5.91 Å². The molecule has 6 heteroatoms. The second kappa shape index (κ2) is 7.57. The maximum Gasteiger partial charge on any atom is 0.250 e. The molecule has 0 bridgehead atoms.